The first-order valence-corrected chi connectivity index (χ1v) is 6.91. The monoisotopic (exact) mass is 317 g/mol. The molecule has 0 aromatic heterocycles. The van der Waals surface area contributed by atoms with Crippen LogP contribution in [0.5, 0.6) is 11.5 Å². The van der Waals surface area contributed by atoms with Gasteiger partial charge in [0.15, 0.2) is 17.3 Å². The van der Waals surface area contributed by atoms with Gasteiger partial charge in [-0.25, -0.2) is 4.39 Å². The molecule has 1 aromatic carbocycles. The number of benzene rings is 1. The minimum atomic E-state index is -0.828. The Kier molecular flexibility index (Phi) is 3.82. The van der Waals surface area contributed by atoms with Crippen LogP contribution in [0.15, 0.2) is 10.5 Å². The van der Waals surface area contributed by atoms with Gasteiger partial charge in [-0.1, -0.05) is 35.2 Å². The van der Waals surface area contributed by atoms with Crippen molar-refractivity contribution in [1.29, 1.82) is 0 Å². The number of phenols is 2. The fourth-order valence-electron chi connectivity index (χ4n) is 2.89. The molecule has 0 saturated heterocycles. The summed E-state index contributed by atoms with van der Waals surface area (Å²) in [5, 5.41) is 19.6. The second-order valence-corrected chi connectivity index (χ2v) is 5.81. The van der Waals surface area contributed by atoms with Crippen molar-refractivity contribution >= 4 is 15.9 Å². The van der Waals surface area contributed by atoms with E-state index in [0.717, 1.165) is 32.1 Å². The number of rotatable bonds is 2. The molecule has 2 rings (SSSR count). The third-order valence-corrected chi connectivity index (χ3v) is 4.54. The van der Waals surface area contributed by atoms with Gasteiger partial charge >= 0.3 is 0 Å². The lowest BCUT2D eigenvalue weighted by atomic mass is 9.69. The molecule has 1 aliphatic carbocycles. The molecule has 0 spiro atoms. The zero-order chi connectivity index (χ0) is 13.3. The predicted octanol–water partition coefficient (Wildman–Crippen LogP) is 3.16. The van der Waals surface area contributed by atoms with Crippen LogP contribution in [0.4, 0.5) is 4.39 Å². The second-order valence-electron chi connectivity index (χ2n) is 4.96. The summed E-state index contributed by atoms with van der Waals surface area (Å²) in [5.74, 6) is -1.90. The van der Waals surface area contributed by atoms with Crippen LogP contribution in [0.25, 0.3) is 0 Å². The molecule has 100 valence electrons. The van der Waals surface area contributed by atoms with E-state index >= 15 is 0 Å². The van der Waals surface area contributed by atoms with Crippen LogP contribution in [0.1, 0.15) is 37.7 Å². The van der Waals surface area contributed by atoms with E-state index < -0.39 is 11.6 Å². The summed E-state index contributed by atoms with van der Waals surface area (Å²) in [7, 11) is 0. The van der Waals surface area contributed by atoms with Crippen molar-refractivity contribution in [2.75, 3.05) is 6.54 Å². The Morgan fingerprint density at radius 1 is 1.22 bits per heavy atom. The Morgan fingerprint density at radius 3 is 2.39 bits per heavy atom. The SMILES string of the molecule is NCC1(c2c(Br)cc(F)c(O)c2O)CCCCC1. The number of hydrogen-bond donors (Lipinski definition) is 3. The van der Waals surface area contributed by atoms with Gasteiger partial charge in [0.2, 0.25) is 0 Å². The summed E-state index contributed by atoms with van der Waals surface area (Å²) < 4.78 is 13.8. The van der Waals surface area contributed by atoms with E-state index in [1.165, 1.54) is 6.07 Å². The van der Waals surface area contributed by atoms with Gasteiger partial charge in [0.25, 0.3) is 0 Å². The van der Waals surface area contributed by atoms with Crippen LogP contribution in [-0.4, -0.2) is 16.8 Å². The van der Waals surface area contributed by atoms with Crippen LogP contribution in [0.3, 0.4) is 0 Å². The van der Waals surface area contributed by atoms with E-state index in [9.17, 15) is 14.6 Å². The van der Waals surface area contributed by atoms with Gasteiger partial charge in [-0.3, -0.25) is 0 Å². The van der Waals surface area contributed by atoms with E-state index in [2.05, 4.69) is 15.9 Å². The normalized spacial score (nSPS) is 18.8. The first kappa shape index (κ1) is 13.6. The van der Waals surface area contributed by atoms with Gasteiger partial charge in [-0.15, -0.1) is 0 Å². The third kappa shape index (κ3) is 2.10. The molecule has 0 aliphatic heterocycles. The molecule has 1 saturated carbocycles. The largest absolute Gasteiger partial charge is 0.504 e. The van der Waals surface area contributed by atoms with Gasteiger partial charge < -0.3 is 15.9 Å². The van der Waals surface area contributed by atoms with E-state index in [0.29, 0.717) is 16.6 Å². The maximum atomic E-state index is 13.3. The fraction of sp³-hybridized carbons (Fsp3) is 0.538. The van der Waals surface area contributed by atoms with Crippen molar-refractivity contribution in [2.45, 2.75) is 37.5 Å². The number of hydrogen-bond acceptors (Lipinski definition) is 3. The van der Waals surface area contributed by atoms with Crippen LogP contribution in [0.2, 0.25) is 0 Å². The van der Waals surface area contributed by atoms with Crippen LogP contribution >= 0.6 is 15.9 Å². The number of aromatic hydroxyl groups is 2. The zero-order valence-corrected chi connectivity index (χ0v) is 11.6. The molecule has 1 aromatic rings. The van der Waals surface area contributed by atoms with Crippen molar-refractivity contribution in [3.8, 4) is 11.5 Å². The molecular formula is C13H17BrFNO2. The lowest BCUT2D eigenvalue weighted by Crippen LogP contribution is -2.37. The van der Waals surface area contributed by atoms with Gasteiger partial charge in [0.05, 0.1) is 0 Å². The third-order valence-electron chi connectivity index (χ3n) is 3.91. The number of halogens is 2. The molecule has 1 aliphatic rings. The summed E-state index contributed by atoms with van der Waals surface area (Å²) in [5.41, 5.74) is 6.07. The lowest BCUT2D eigenvalue weighted by Gasteiger charge is -2.37. The molecule has 18 heavy (non-hydrogen) atoms. The highest BCUT2D eigenvalue weighted by atomic mass is 79.9. The summed E-state index contributed by atoms with van der Waals surface area (Å²) >= 11 is 3.28. The first-order valence-electron chi connectivity index (χ1n) is 6.12. The Balaban J connectivity index is 2.58. The fourth-order valence-corrected chi connectivity index (χ4v) is 3.69. The quantitative estimate of drug-likeness (QED) is 0.734. The number of phenolic OH excluding ortho intramolecular Hbond substituents is 2. The maximum absolute atomic E-state index is 13.3. The molecule has 0 atom stereocenters. The molecule has 0 radical (unpaired) electrons. The number of nitrogens with two attached hydrogens (primary N) is 1. The smallest absolute Gasteiger partial charge is 0.194 e. The molecule has 0 unspecified atom stereocenters. The molecular weight excluding hydrogens is 301 g/mol. The van der Waals surface area contributed by atoms with Crippen molar-refractivity contribution < 1.29 is 14.6 Å². The second kappa shape index (κ2) is 5.05. The standard InChI is InChI=1S/C13H17BrFNO2/c14-8-6-9(15)11(17)12(18)10(8)13(7-16)4-2-1-3-5-13/h6,17-18H,1-5,7,16H2. The van der Waals surface area contributed by atoms with Crippen LogP contribution < -0.4 is 5.73 Å². The summed E-state index contributed by atoms with van der Waals surface area (Å²) in [4.78, 5) is 0. The molecule has 0 amide bonds. The first-order chi connectivity index (χ1) is 8.52. The van der Waals surface area contributed by atoms with Gasteiger partial charge in [-0.05, 0) is 18.9 Å². The van der Waals surface area contributed by atoms with Crippen LogP contribution in [-0.2, 0) is 5.41 Å². The predicted molar refractivity (Wildman–Crippen MR) is 71.2 cm³/mol. The molecule has 0 bridgehead atoms. The molecule has 0 heterocycles. The van der Waals surface area contributed by atoms with Crippen LogP contribution in [0, 0.1) is 5.82 Å². The Hall–Kier alpha value is -0.810. The topological polar surface area (TPSA) is 66.5 Å². The average molecular weight is 318 g/mol. The van der Waals surface area contributed by atoms with E-state index in [1.807, 2.05) is 0 Å². The lowest BCUT2D eigenvalue weighted by molar-refractivity contribution is 0.283. The molecule has 4 N–H and O–H groups in total. The highest BCUT2D eigenvalue weighted by Gasteiger charge is 2.37. The Bertz CT molecular complexity index is 459. The van der Waals surface area contributed by atoms with Gasteiger partial charge in [-0.2, -0.15) is 0 Å². The van der Waals surface area contributed by atoms with Crippen molar-refractivity contribution in [1.82, 2.24) is 0 Å². The summed E-state index contributed by atoms with van der Waals surface area (Å²) in [6.07, 6.45) is 4.90. The van der Waals surface area contributed by atoms with Crippen molar-refractivity contribution in [3.05, 3.63) is 21.9 Å². The van der Waals surface area contributed by atoms with E-state index in [-0.39, 0.29) is 11.2 Å². The molecule has 1 fully saturated rings. The molecule has 5 heteroatoms. The van der Waals surface area contributed by atoms with E-state index in [4.69, 9.17) is 5.73 Å². The average Bonchev–Trinajstić information content (AvgIpc) is 2.37. The summed E-state index contributed by atoms with van der Waals surface area (Å²) in [6.45, 7) is 0.379. The highest BCUT2D eigenvalue weighted by Crippen LogP contribution is 2.49. The Labute approximate surface area is 114 Å². The molecule has 3 nitrogen and oxygen atoms in total. The van der Waals surface area contributed by atoms with Crippen molar-refractivity contribution in [2.24, 2.45) is 5.73 Å². The Morgan fingerprint density at radius 2 is 1.83 bits per heavy atom. The zero-order valence-electron chi connectivity index (χ0n) is 10.0. The van der Waals surface area contributed by atoms with Gasteiger partial charge in [0.1, 0.15) is 0 Å². The summed E-state index contributed by atoms with van der Waals surface area (Å²) in [6, 6.07) is 1.19. The van der Waals surface area contributed by atoms with Gasteiger partial charge in [0, 0.05) is 22.0 Å². The maximum Gasteiger partial charge on any atom is 0.194 e. The minimum Gasteiger partial charge on any atom is -0.504 e. The van der Waals surface area contributed by atoms with Crippen molar-refractivity contribution in [3.63, 3.8) is 0 Å². The van der Waals surface area contributed by atoms with E-state index in [1.54, 1.807) is 0 Å². The minimum absolute atomic E-state index is 0.369. The highest BCUT2D eigenvalue weighted by molar-refractivity contribution is 9.10.